The number of hydrogen-bond acceptors (Lipinski definition) is 4. The van der Waals surface area contributed by atoms with Gasteiger partial charge in [0.2, 0.25) is 10.0 Å². The van der Waals surface area contributed by atoms with Crippen LogP contribution in [0.4, 0.5) is 5.69 Å². The normalized spacial score (nSPS) is 17.0. The number of nitrogens with one attached hydrogen (secondary N) is 1. The van der Waals surface area contributed by atoms with Crippen molar-refractivity contribution in [3.8, 4) is 0 Å². The van der Waals surface area contributed by atoms with Gasteiger partial charge in [0.15, 0.2) is 0 Å². The quantitative estimate of drug-likeness (QED) is 0.791. The van der Waals surface area contributed by atoms with Gasteiger partial charge in [-0.1, -0.05) is 24.3 Å². The van der Waals surface area contributed by atoms with Crippen molar-refractivity contribution in [3.63, 3.8) is 0 Å². The summed E-state index contributed by atoms with van der Waals surface area (Å²) in [6.45, 7) is 3.28. The van der Waals surface area contributed by atoms with Crippen LogP contribution in [0.25, 0.3) is 0 Å². The summed E-state index contributed by atoms with van der Waals surface area (Å²) in [7, 11) is -3.70. The summed E-state index contributed by atoms with van der Waals surface area (Å²) in [4.78, 5) is 14.6. The summed E-state index contributed by atoms with van der Waals surface area (Å²) in [5, 5.41) is 0. The third-order valence-corrected chi connectivity index (χ3v) is 5.97. The van der Waals surface area contributed by atoms with Crippen LogP contribution in [0, 0.1) is 0 Å². The molecule has 1 atom stereocenters. The van der Waals surface area contributed by atoms with Gasteiger partial charge in [-0.25, -0.2) is 13.1 Å². The molecule has 2 aromatic rings. The fourth-order valence-corrected chi connectivity index (χ4v) is 4.21. The van der Waals surface area contributed by atoms with E-state index in [-0.39, 0.29) is 23.5 Å². The van der Waals surface area contributed by atoms with E-state index in [1.165, 1.54) is 12.1 Å². The molecule has 0 spiro atoms. The van der Waals surface area contributed by atoms with Gasteiger partial charge in [-0.05, 0) is 50.1 Å². The first-order valence-electron chi connectivity index (χ1n) is 9.09. The van der Waals surface area contributed by atoms with Gasteiger partial charge in [0.25, 0.3) is 5.91 Å². The molecule has 1 unspecified atom stereocenters. The summed E-state index contributed by atoms with van der Waals surface area (Å²) >= 11 is 0. The van der Waals surface area contributed by atoms with Gasteiger partial charge in [-0.2, -0.15) is 0 Å². The smallest absolute Gasteiger partial charge is 0.258 e. The Labute approximate surface area is 160 Å². The fraction of sp³-hybridized carbons (Fsp3) is 0.350. The molecule has 3 rings (SSSR count). The molecule has 0 radical (unpaired) electrons. The standard InChI is InChI=1S/C20H24N2O4S/c1-2-22(17-9-4-3-5-10-17)20(23)16-8-6-12-19(14-16)27(24,25)21-15-18-11-7-13-26-18/h3-6,8-10,12,14,18,21H,2,7,11,13,15H2,1H3. The molecule has 1 fully saturated rings. The van der Waals surface area contributed by atoms with Crippen molar-refractivity contribution in [3.05, 3.63) is 60.2 Å². The number of para-hydroxylation sites is 1. The Morgan fingerprint density at radius 2 is 1.96 bits per heavy atom. The van der Waals surface area contributed by atoms with E-state index in [9.17, 15) is 13.2 Å². The fourth-order valence-electron chi connectivity index (χ4n) is 3.09. The molecule has 0 aliphatic carbocycles. The highest BCUT2D eigenvalue weighted by molar-refractivity contribution is 7.89. The molecule has 144 valence electrons. The lowest BCUT2D eigenvalue weighted by Crippen LogP contribution is -2.33. The number of carbonyl (C=O) groups is 1. The molecule has 0 aromatic heterocycles. The van der Waals surface area contributed by atoms with Gasteiger partial charge in [0.05, 0.1) is 11.0 Å². The van der Waals surface area contributed by atoms with Crippen molar-refractivity contribution in [2.24, 2.45) is 0 Å². The molecule has 1 amide bonds. The van der Waals surface area contributed by atoms with Crippen LogP contribution in [0.3, 0.4) is 0 Å². The summed E-state index contributed by atoms with van der Waals surface area (Å²) in [6, 6.07) is 15.5. The highest BCUT2D eigenvalue weighted by atomic mass is 32.2. The molecular formula is C20H24N2O4S. The summed E-state index contributed by atoms with van der Waals surface area (Å²) in [5.74, 6) is -0.236. The summed E-state index contributed by atoms with van der Waals surface area (Å²) in [6.07, 6.45) is 1.71. The van der Waals surface area contributed by atoms with Crippen LogP contribution in [0.5, 0.6) is 0 Å². The Balaban J connectivity index is 1.78. The second kappa shape index (κ2) is 8.65. The highest BCUT2D eigenvalue weighted by Crippen LogP contribution is 2.19. The number of amides is 1. The number of hydrogen-bond donors (Lipinski definition) is 1. The van der Waals surface area contributed by atoms with E-state index in [0.717, 1.165) is 18.5 Å². The van der Waals surface area contributed by atoms with Crippen molar-refractivity contribution in [2.75, 3.05) is 24.6 Å². The predicted molar refractivity (Wildman–Crippen MR) is 104 cm³/mol. The topological polar surface area (TPSA) is 75.7 Å². The van der Waals surface area contributed by atoms with Gasteiger partial charge in [0.1, 0.15) is 0 Å². The zero-order chi connectivity index (χ0) is 19.3. The van der Waals surface area contributed by atoms with E-state index >= 15 is 0 Å². The molecule has 1 heterocycles. The molecular weight excluding hydrogens is 364 g/mol. The van der Waals surface area contributed by atoms with Gasteiger partial charge in [-0.3, -0.25) is 4.79 Å². The molecule has 0 bridgehead atoms. The van der Waals surface area contributed by atoms with Crippen molar-refractivity contribution in [2.45, 2.75) is 30.8 Å². The number of anilines is 1. The van der Waals surface area contributed by atoms with E-state index in [2.05, 4.69) is 4.72 Å². The first-order chi connectivity index (χ1) is 13.0. The van der Waals surface area contributed by atoms with Crippen molar-refractivity contribution >= 4 is 21.6 Å². The Morgan fingerprint density at radius 1 is 1.19 bits per heavy atom. The first kappa shape index (κ1) is 19.5. The maximum Gasteiger partial charge on any atom is 0.258 e. The number of carbonyl (C=O) groups excluding carboxylic acids is 1. The average Bonchev–Trinajstić information content (AvgIpc) is 3.22. The monoisotopic (exact) mass is 388 g/mol. The van der Waals surface area contributed by atoms with Crippen LogP contribution >= 0.6 is 0 Å². The van der Waals surface area contributed by atoms with E-state index in [0.29, 0.717) is 18.7 Å². The Bertz CT molecular complexity index is 878. The molecule has 7 heteroatoms. The van der Waals surface area contributed by atoms with Gasteiger partial charge in [-0.15, -0.1) is 0 Å². The minimum atomic E-state index is -3.70. The van der Waals surface area contributed by atoms with Crippen LogP contribution in [-0.4, -0.2) is 40.1 Å². The number of ether oxygens (including phenoxy) is 1. The first-order valence-corrected chi connectivity index (χ1v) is 10.6. The SMILES string of the molecule is CCN(C(=O)c1cccc(S(=O)(=O)NCC2CCCO2)c1)c1ccccc1. The van der Waals surface area contributed by atoms with Crippen molar-refractivity contribution in [1.29, 1.82) is 0 Å². The molecule has 1 N–H and O–H groups in total. The van der Waals surface area contributed by atoms with Crippen LogP contribution in [0.15, 0.2) is 59.5 Å². The summed E-state index contributed by atoms with van der Waals surface area (Å²) in [5.41, 5.74) is 1.11. The number of benzene rings is 2. The minimum absolute atomic E-state index is 0.0791. The lowest BCUT2D eigenvalue weighted by atomic mass is 10.2. The van der Waals surface area contributed by atoms with E-state index < -0.39 is 10.0 Å². The molecule has 0 saturated carbocycles. The zero-order valence-corrected chi connectivity index (χ0v) is 16.1. The van der Waals surface area contributed by atoms with Gasteiger partial charge < -0.3 is 9.64 Å². The summed E-state index contributed by atoms with van der Waals surface area (Å²) < 4.78 is 33.2. The Kier molecular flexibility index (Phi) is 6.26. The minimum Gasteiger partial charge on any atom is -0.377 e. The highest BCUT2D eigenvalue weighted by Gasteiger charge is 2.22. The van der Waals surface area contributed by atoms with E-state index in [1.807, 2.05) is 37.3 Å². The van der Waals surface area contributed by atoms with Crippen LogP contribution in [0.1, 0.15) is 30.1 Å². The van der Waals surface area contributed by atoms with Crippen LogP contribution in [0.2, 0.25) is 0 Å². The van der Waals surface area contributed by atoms with E-state index in [4.69, 9.17) is 4.74 Å². The largest absolute Gasteiger partial charge is 0.377 e. The number of nitrogens with zero attached hydrogens (tertiary/aromatic N) is 1. The van der Waals surface area contributed by atoms with Gasteiger partial charge in [0, 0.05) is 30.9 Å². The molecule has 1 aliphatic heterocycles. The van der Waals surface area contributed by atoms with Gasteiger partial charge >= 0.3 is 0 Å². The molecule has 6 nitrogen and oxygen atoms in total. The third-order valence-electron chi connectivity index (χ3n) is 4.55. The van der Waals surface area contributed by atoms with Crippen LogP contribution in [-0.2, 0) is 14.8 Å². The second-order valence-corrected chi connectivity index (χ2v) is 8.17. The molecule has 1 saturated heterocycles. The Hall–Kier alpha value is -2.22. The van der Waals surface area contributed by atoms with Crippen LogP contribution < -0.4 is 9.62 Å². The predicted octanol–water partition coefficient (Wildman–Crippen LogP) is 2.81. The van der Waals surface area contributed by atoms with Crippen molar-refractivity contribution in [1.82, 2.24) is 4.72 Å². The third kappa shape index (κ3) is 4.74. The maximum atomic E-state index is 12.9. The van der Waals surface area contributed by atoms with E-state index in [1.54, 1.807) is 17.0 Å². The maximum absolute atomic E-state index is 12.9. The lowest BCUT2D eigenvalue weighted by Gasteiger charge is -2.21. The van der Waals surface area contributed by atoms with Crippen molar-refractivity contribution < 1.29 is 17.9 Å². The Morgan fingerprint density at radius 3 is 2.63 bits per heavy atom. The number of rotatable bonds is 7. The molecule has 2 aromatic carbocycles. The second-order valence-electron chi connectivity index (χ2n) is 6.40. The molecule has 27 heavy (non-hydrogen) atoms. The number of sulfonamides is 1. The molecule has 1 aliphatic rings. The average molecular weight is 388 g/mol. The zero-order valence-electron chi connectivity index (χ0n) is 15.3. The lowest BCUT2D eigenvalue weighted by molar-refractivity contribution is 0.0988.